The van der Waals surface area contributed by atoms with E-state index in [2.05, 4.69) is 31.3 Å². The number of nitrogens with zero attached hydrogens (tertiary/aromatic N) is 2. The van der Waals surface area contributed by atoms with Crippen molar-refractivity contribution in [3.63, 3.8) is 0 Å². The number of benzene rings is 3. The van der Waals surface area contributed by atoms with Gasteiger partial charge in [0.2, 0.25) is 23.6 Å². The fourth-order valence-electron chi connectivity index (χ4n) is 6.53. The molecular formula is C39H52N10O5. The average Bonchev–Trinajstić information content (AvgIpc) is 3.14. The van der Waals surface area contributed by atoms with Gasteiger partial charge in [0.1, 0.15) is 17.8 Å². The molecule has 1 aliphatic heterocycles. The molecule has 3 aromatic rings. The molecule has 0 unspecified atom stereocenters. The molecule has 0 radical (unpaired) electrons. The summed E-state index contributed by atoms with van der Waals surface area (Å²) in [6.45, 7) is 3.80. The first-order chi connectivity index (χ1) is 25.8. The minimum Gasteiger partial charge on any atom is -0.508 e. The van der Waals surface area contributed by atoms with Crippen molar-refractivity contribution in [2.24, 2.45) is 38.8 Å². The highest BCUT2D eigenvalue weighted by Crippen LogP contribution is 2.26. The van der Waals surface area contributed by atoms with Crippen molar-refractivity contribution >= 4 is 46.3 Å². The Labute approximate surface area is 315 Å². The largest absolute Gasteiger partial charge is 0.508 e. The van der Waals surface area contributed by atoms with Gasteiger partial charge in [-0.05, 0) is 80.0 Å². The van der Waals surface area contributed by atoms with Crippen LogP contribution < -0.4 is 44.2 Å². The second kappa shape index (κ2) is 19.6. The van der Waals surface area contributed by atoms with E-state index in [0.717, 1.165) is 27.5 Å². The number of hydrogen-bond acceptors (Lipinski definition) is 7. The lowest BCUT2D eigenvalue weighted by Gasteiger charge is -2.27. The quantitative estimate of drug-likeness (QED) is 0.0554. The number of nitrogens with two attached hydrogens (primary N) is 4. The molecule has 0 bridgehead atoms. The first-order valence-electron chi connectivity index (χ1n) is 18.0. The van der Waals surface area contributed by atoms with Crippen LogP contribution in [0.3, 0.4) is 0 Å². The van der Waals surface area contributed by atoms with Gasteiger partial charge >= 0.3 is 0 Å². The number of carbonyl (C=O) groups is 4. The maximum absolute atomic E-state index is 14.3. The van der Waals surface area contributed by atoms with Crippen molar-refractivity contribution in [1.29, 1.82) is 0 Å². The van der Waals surface area contributed by atoms with Crippen LogP contribution >= 0.6 is 0 Å². The molecule has 0 fully saturated rings. The summed E-state index contributed by atoms with van der Waals surface area (Å²) in [7, 11) is 0. The third-order valence-electron chi connectivity index (χ3n) is 9.58. The highest BCUT2D eigenvalue weighted by atomic mass is 16.3. The zero-order valence-corrected chi connectivity index (χ0v) is 30.8. The summed E-state index contributed by atoms with van der Waals surface area (Å²) in [5.74, 6) is -2.82. The first kappa shape index (κ1) is 40.6. The summed E-state index contributed by atoms with van der Waals surface area (Å²) in [4.78, 5) is 63.9. The van der Waals surface area contributed by atoms with Crippen molar-refractivity contribution < 1.29 is 24.3 Å². The molecule has 0 aromatic heterocycles. The zero-order valence-electron chi connectivity index (χ0n) is 30.8. The lowest BCUT2D eigenvalue weighted by Crippen LogP contribution is -2.55. The number of guanidine groups is 2. The molecule has 4 atom stereocenters. The molecule has 0 aliphatic carbocycles. The van der Waals surface area contributed by atoms with E-state index < -0.39 is 47.7 Å². The number of carbonyl (C=O) groups excluding carboxylic acids is 4. The summed E-state index contributed by atoms with van der Waals surface area (Å²) in [6.07, 6.45) is 1.75. The molecule has 0 saturated heterocycles. The maximum Gasteiger partial charge on any atom is 0.243 e. The lowest BCUT2D eigenvalue weighted by molar-refractivity contribution is -0.133. The lowest BCUT2D eigenvalue weighted by atomic mass is 9.86. The van der Waals surface area contributed by atoms with E-state index in [1.165, 1.54) is 0 Å². The highest BCUT2D eigenvalue weighted by molar-refractivity contribution is 5.95. The SMILES string of the molecule is C/C1=C(/C)[C@@H](CCCN=C(N)N)C(=O)N[C@@H](CCCN=C(N)N)C(=O)N[C@@H](Cc2cccc3ccccc23)C(=O)NCC(=O)N[C@@H]1Cc1ccc(O)cc1. The van der Waals surface area contributed by atoms with Crippen LogP contribution in [0.25, 0.3) is 10.8 Å². The van der Waals surface area contributed by atoms with E-state index in [9.17, 15) is 24.3 Å². The van der Waals surface area contributed by atoms with Gasteiger partial charge in [-0.3, -0.25) is 29.2 Å². The minimum absolute atomic E-state index is 0.0691. The van der Waals surface area contributed by atoms with Crippen LogP contribution in [0.1, 0.15) is 50.7 Å². The van der Waals surface area contributed by atoms with Crippen molar-refractivity contribution in [3.8, 4) is 5.75 Å². The van der Waals surface area contributed by atoms with Gasteiger partial charge in [0, 0.05) is 19.5 Å². The monoisotopic (exact) mass is 740 g/mol. The summed E-state index contributed by atoms with van der Waals surface area (Å²) in [5, 5.41) is 23.3. The molecular weight excluding hydrogens is 688 g/mol. The van der Waals surface area contributed by atoms with Gasteiger partial charge in [-0.1, -0.05) is 65.7 Å². The summed E-state index contributed by atoms with van der Waals surface area (Å²) >= 11 is 0. The molecule has 54 heavy (non-hydrogen) atoms. The number of amides is 4. The highest BCUT2D eigenvalue weighted by Gasteiger charge is 2.32. The van der Waals surface area contributed by atoms with Gasteiger partial charge in [0.25, 0.3) is 0 Å². The van der Waals surface area contributed by atoms with Crippen molar-refractivity contribution in [1.82, 2.24) is 21.3 Å². The van der Waals surface area contributed by atoms with E-state index in [-0.39, 0.29) is 50.1 Å². The Balaban J connectivity index is 1.75. The Hall–Kier alpha value is -6.12. The van der Waals surface area contributed by atoms with E-state index in [1.807, 2.05) is 56.3 Å². The van der Waals surface area contributed by atoms with E-state index >= 15 is 0 Å². The van der Waals surface area contributed by atoms with E-state index in [1.54, 1.807) is 24.3 Å². The fourth-order valence-corrected chi connectivity index (χ4v) is 6.53. The van der Waals surface area contributed by atoms with Crippen molar-refractivity contribution in [2.75, 3.05) is 19.6 Å². The summed E-state index contributed by atoms with van der Waals surface area (Å²) in [6, 6.07) is 17.3. The fraction of sp³-hybridized carbons (Fsp3) is 0.385. The Kier molecular flexibility index (Phi) is 14.8. The Morgan fingerprint density at radius 2 is 1.31 bits per heavy atom. The van der Waals surface area contributed by atoms with Crippen LogP contribution in [0.5, 0.6) is 5.75 Å². The van der Waals surface area contributed by atoms with Crippen LogP contribution in [0.2, 0.25) is 0 Å². The molecule has 1 heterocycles. The average molecular weight is 741 g/mol. The van der Waals surface area contributed by atoms with Crippen LogP contribution in [-0.2, 0) is 32.0 Å². The first-order valence-corrected chi connectivity index (χ1v) is 18.0. The third kappa shape index (κ3) is 12.0. The molecule has 288 valence electrons. The Bertz CT molecular complexity index is 1880. The van der Waals surface area contributed by atoms with Gasteiger partial charge in [-0.2, -0.15) is 0 Å². The van der Waals surface area contributed by atoms with Crippen LogP contribution in [0.4, 0.5) is 0 Å². The van der Waals surface area contributed by atoms with Gasteiger partial charge < -0.3 is 49.3 Å². The van der Waals surface area contributed by atoms with Crippen LogP contribution in [0, 0.1) is 5.92 Å². The predicted molar refractivity (Wildman–Crippen MR) is 210 cm³/mol. The molecule has 15 nitrogen and oxygen atoms in total. The molecule has 4 amide bonds. The zero-order chi connectivity index (χ0) is 39.2. The molecule has 3 aromatic carbocycles. The number of hydrogen-bond donors (Lipinski definition) is 9. The number of aromatic hydroxyl groups is 1. The predicted octanol–water partition coefficient (Wildman–Crippen LogP) is 0.975. The number of phenols is 1. The molecule has 4 rings (SSSR count). The molecule has 13 N–H and O–H groups in total. The molecule has 1 aliphatic rings. The summed E-state index contributed by atoms with van der Waals surface area (Å²) in [5.41, 5.74) is 25.2. The van der Waals surface area contributed by atoms with Gasteiger partial charge in [-0.15, -0.1) is 0 Å². The maximum atomic E-state index is 14.3. The Morgan fingerprint density at radius 3 is 2.00 bits per heavy atom. The van der Waals surface area contributed by atoms with Crippen LogP contribution in [0.15, 0.2) is 87.9 Å². The summed E-state index contributed by atoms with van der Waals surface area (Å²) < 4.78 is 0. The number of aliphatic imine (C=N–C) groups is 2. The Morgan fingerprint density at radius 1 is 0.685 bits per heavy atom. The second-order valence-corrected chi connectivity index (χ2v) is 13.5. The van der Waals surface area contributed by atoms with Crippen molar-refractivity contribution in [2.45, 2.75) is 70.5 Å². The number of phenolic OH excluding ortho intramolecular Hbond substituents is 1. The number of fused-ring (bicyclic) bond motifs is 1. The normalized spacial score (nSPS) is 21.4. The van der Waals surface area contributed by atoms with E-state index in [4.69, 9.17) is 22.9 Å². The standard InChI is InChI=1S/C39H52N10O5/c1-23-24(2)32(20-25-14-16-28(50)17-15-25)47-34(51)22-46-36(53)33(21-27-10-5-9-26-8-3-4-11-30(26)27)49-37(54)31(13-7-19-45-39(42)43)48-35(52)29(23)12-6-18-44-38(40)41/h3-5,8-11,14-17,29,31-33,50H,6-7,12-13,18-22H2,1-2H3,(H,46,53)(H,47,51)(H,48,52)(H,49,54)(H4,40,41,44)(H4,42,43,45)/b24-23+/t29-,31+,32-,33+/m1/s1. The van der Waals surface area contributed by atoms with Gasteiger partial charge in [0.05, 0.1) is 18.5 Å². The smallest absolute Gasteiger partial charge is 0.243 e. The van der Waals surface area contributed by atoms with E-state index in [0.29, 0.717) is 31.3 Å². The molecule has 15 heteroatoms. The van der Waals surface area contributed by atoms with Gasteiger partial charge in [0.15, 0.2) is 11.9 Å². The van der Waals surface area contributed by atoms with Crippen LogP contribution in [-0.4, -0.2) is 78.4 Å². The number of nitrogens with one attached hydrogen (secondary N) is 4. The van der Waals surface area contributed by atoms with Crippen molar-refractivity contribution in [3.05, 3.63) is 89.0 Å². The minimum atomic E-state index is -1.09. The molecule has 0 saturated carbocycles. The second-order valence-electron chi connectivity index (χ2n) is 13.5. The third-order valence-corrected chi connectivity index (χ3v) is 9.58. The van der Waals surface area contributed by atoms with Gasteiger partial charge in [-0.25, -0.2) is 0 Å². The molecule has 0 spiro atoms. The number of rotatable bonds is 12. The topological polar surface area (TPSA) is 265 Å².